The molecule has 0 aliphatic heterocycles. The van der Waals surface area contributed by atoms with Crippen LogP contribution in [-0.4, -0.2) is 67.3 Å². The molecule has 2 amide bonds. The summed E-state index contributed by atoms with van der Waals surface area (Å²) in [5.41, 5.74) is 7.80. The van der Waals surface area contributed by atoms with Crippen molar-refractivity contribution < 1.29 is 14.7 Å². The van der Waals surface area contributed by atoms with E-state index in [2.05, 4.69) is 36.3 Å². The smallest absolute Gasteiger partial charge is 0.276 e. The predicted molar refractivity (Wildman–Crippen MR) is 140 cm³/mol. The minimum Gasteiger partial charge on any atom is -0.394 e. The third kappa shape index (κ3) is 6.09. The predicted octanol–water partition coefficient (Wildman–Crippen LogP) is 1.76. The molecule has 3 aromatic heterocycles. The lowest BCUT2D eigenvalue weighted by molar-refractivity contribution is -0.124. The van der Waals surface area contributed by atoms with Crippen LogP contribution < -0.4 is 27.0 Å². The zero-order valence-corrected chi connectivity index (χ0v) is 20.9. The van der Waals surface area contributed by atoms with Crippen LogP contribution in [0.15, 0.2) is 30.6 Å². The Kier molecular flexibility index (Phi) is 7.40. The van der Waals surface area contributed by atoms with Gasteiger partial charge in [-0.2, -0.15) is 0 Å². The topological polar surface area (TPSA) is 172 Å². The van der Waals surface area contributed by atoms with E-state index in [0.717, 1.165) is 44.2 Å². The molecule has 2 aliphatic rings. The van der Waals surface area contributed by atoms with Gasteiger partial charge in [-0.15, -0.1) is 5.10 Å². The number of hydrogen-bond acceptors (Lipinski definition) is 9. The number of nitrogens with one attached hydrogen (secondary N) is 4. The quantitative estimate of drug-likeness (QED) is 0.227. The lowest BCUT2D eigenvalue weighted by Gasteiger charge is -2.30. The Morgan fingerprint density at radius 1 is 1.08 bits per heavy atom. The van der Waals surface area contributed by atoms with Crippen molar-refractivity contribution >= 4 is 46.3 Å². The zero-order valence-electron chi connectivity index (χ0n) is 20.2. The number of carbonyl (C=O) groups excluding carboxylic acids is 2. The Bertz CT molecular complexity index is 1290. The van der Waals surface area contributed by atoms with E-state index < -0.39 is 6.04 Å². The van der Waals surface area contributed by atoms with E-state index in [1.807, 2.05) is 6.07 Å². The molecule has 3 heterocycles. The number of fused-ring (bicyclic) bond motifs is 1. The van der Waals surface area contributed by atoms with Crippen LogP contribution in [0.4, 0.5) is 17.2 Å². The van der Waals surface area contributed by atoms with Crippen molar-refractivity contribution in [2.45, 2.75) is 62.7 Å². The van der Waals surface area contributed by atoms with Gasteiger partial charge in [0.15, 0.2) is 11.3 Å². The number of anilines is 3. The van der Waals surface area contributed by atoms with Gasteiger partial charge in [-0.05, 0) is 50.7 Å². The Balaban J connectivity index is 1.31. The molecule has 2 saturated carbocycles. The van der Waals surface area contributed by atoms with E-state index in [0.29, 0.717) is 23.2 Å². The molecule has 37 heavy (non-hydrogen) atoms. The van der Waals surface area contributed by atoms with E-state index in [9.17, 15) is 9.59 Å². The number of hydrogen-bond donors (Lipinski definition) is 6. The van der Waals surface area contributed by atoms with Gasteiger partial charge in [0.2, 0.25) is 5.91 Å². The molecule has 196 valence electrons. The van der Waals surface area contributed by atoms with Gasteiger partial charge in [-0.3, -0.25) is 9.59 Å². The number of imidazole rings is 1. The van der Waals surface area contributed by atoms with Crippen molar-refractivity contribution in [2.24, 2.45) is 5.73 Å². The van der Waals surface area contributed by atoms with E-state index in [-0.39, 0.29) is 41.4 Å². The molecule has 1 atom stereocenters. The van der Waals surface area contributed by atoms with E-state index in [1.54, 1.807) is 16.6 Å². The van der Waals surface area contributed by atoms with Crippen molar-refractivity contribution in [1.82, 2.24) is 24.9 Å². The molecular weight excluding hydrogens is 498 g/mol. The molecule has 0 bridgehead atoms. The van der Waals surface area contributed by atoms with Crippen molar-refractivity contribution in [3.8, 4) is 0 Å². The van der Waals surface area contributed by atoms with Crippen LogP contribution in [0, 0.1) is 0 Å². The molecule has 0 unspecified atom stereocenters. The van der Waals surface area contributed by atoms with Gasteiger partial charge in [-0.1, -0.05) is 11.6 Å². The van der Waals surface area contributed by atoms with Crippen LogP contribution in [0.3, 0.4) is 0 Å². The average Bonchev–Trinajstić information content (AvgIpc) is 3.59. The van der Waals surface area contributed by atoms with Gasteiger partial charge in [0.25, 0.3) is 5.91 Å². The van der Waals surface area contributed by atoms with Crippen molar-refractivity contribution in [3.63, 3.8) is 0 Å². The van der Waals surface area contributed by atoms with Gasteiger partial charge in [0.1, 0.15) is 17.0 Å². The summed E-state index contributed by atoms with van der Waals surface area (Å²) >= 11 is 5.95. The highest BCUT2D eigenvalue weighted by molar-refractivity contribution is 6.29. The number of carbonyl (C=O) groups is 2. The summed E-state index contributed by atoms with van der Waals surface area (Å²) in [5, 5.41) is 26.8. The van der Waals surface area contributed by atoms with E-state index in [1.165, 1.54) is 12.4 Å². The number of amides is 2. The maximum atomic E-state index is 13.1. The number of aromatic nitrogens is 4. The molecule has 0 spiro atoms. The third-order valence-electron chi connectivity index (χ3n) is 6.58. The van der Waals surface area contributed by atoms with Gasteiger partial charge >= 0.3 is 0 Å². The molecule has 0 radical (unpaired) electrons. The number of pyridine rings is 1. The summed E-state index contributed by atoms with van der Waals surface area (Å²) in [6.07, 6.45) is 8.41. The molecule has 3 aromatic rings. The number of aliphatic hydroxyl groups excluding tert-OH is 1. The van der Waals surface area contributed by atoms with Crippen molar-refractivity contribution in [3.05, 3.63) is 41.4 Å². The summed E-state index contributed by atoms with van der Waals surface area (Å²) in [4.78, 5) is 33.5. The van der Waals surface area contributed by atoms with Gasteiger partial charge < -0.3 is 32.1 Å². The first-order valence-electron chi connectivity index (χ1n) is 12.4. The Morgan fingerprint density at radius 2 is 1.78 bits per heavy atom. The van der Waals surface area contributed by atoms with Crippen LogP contribution in [-0.2, 0) is 4.79 Å². The molecule has 5 rings (SSSR count). The summed E-state index contributed by atoms with van der Waals surface area (Å²) in [6.45, 7) is -0.376. The largest absolute Gasteiger partial charge is 0.394 e. The first kappa shape index (κ1) is 25.2. The fourth-order valence-electron chi connectivity index (χ4n) is 4.41. The first-order valence-corrected chi connectivity index (χ1v) is 12.8. The number of nitrogens with zero attached hydrogens (tertiary/aromatic N) is 4. The van der Waals surface area contributed by atoms with E-state index in [4.69, 9.17) is 22.4 Å². The number of nitrogens with two attached hydrogens (primary N) is 1. The number of halogens is 1. The normalized spacial score (nSPS) is 20.3. The van der Waals surface area contributed by atoms with Gasteiger partial charge in [0, 0.05) is 36.1 Å². The van der Waals surface area contributed by atoms with Gasteiger partial charge in [-0.25, -0.2) is 14.5 Å². The monoisotopic (exact) mass is 527 g/mol. The third-order valence-corrected chi connectivity index (χ3v) is 6.79. The fourth-order valence-corrected chi connectivity index (χ4v) is 4.58. The minimum absolute atomic E-state index is 0.0244. The standard InChI is InChI=1S/C24H30ClN9O3/c25-20-9-16(7-8-27-20)32-24(37)19-11-28-22-18(29-13-1-2-13)10-21(33-34(19)22)30-14-3-5-15(6-4-14)31-23(36)17(26)12-35/h7-11,13-15,17,29,35H,1-6,12,26H2,(H,30,33)(H,31,36)(H,27,32,37)/t14-,15-,17-/m0/s1. The highest BCUT2D eigenvalue weighted by Crippen LogP contribution is 2.30. The fraction of sp³-hybridized carbons (Fsp3) is 0.458. The highest BCUT2D eigenvalue weighted by Gasteiger charge is 2.27. The maximum absolute atomic E-state index is 13.1. The van der Waals surface area contributed by atoms with Crippen LogP contribution >= 0.6 is 11.6 Å². The second-order valence-electron chi connectivity index (χ2n) is 9.55. The Morgan fingerprint density at radius 3 is 2.49 bits per heavy atom. The molecule has 12 nitrogen and oxygen atoms in total. The van der Waals surface area contributed by atoms with Crippen molar-refractivity contribution in [2.75, 3.05) is 22.6 Å². The number of aliphatic hydroxyl groups is 1. The highest BCUT2D eigenvalue weighted by atomic mass is 35.5. The Hall–Kier alpha value is -3.48. The second kappa shape index (κ2) is 10.9. The summed E-state index contributed by atoms with van der Waals surface area (Å²) in [6, 6.07) is 4.81. The van der Waals surface area contributed by atoms with Crippen LogP contribution in [0.2, 0.25) is 5.15 Å². The molecule has 2 aliphatic carbocycles. The van der Waals surface area contributed by atoms with Gasteiger partial charge in [0.05, 0.1) is 18.5 Å². The van der Waals surface area contributed by atoms with Crippen LogP contribution in [0.25, 0.3) is 5.65 Å². The maximum Gasteiger partial charge on any atom is 0.276 e. The Labute approximate surface area is 218 Å². The molecule has 0 saturated heterocycles. The molecule has 0 aromatic carbocycles. The first-order chi connectivity index (χ1) is 17.9. The lowest BCUT2D eigenvalue weighted by Crippen LogP contribution is -2.48. The second-order valence-corrected chi connectivity index (χ2v) is 9.94. The summed E-state index contributed by atoms with van der Waals surface area (Å²) < 4.78 is 1.55. The van der Waals surface area contributed by atoms with E-state index >= 15 is 0 Å². The lowest BCUT2D eigenvalue weighted by atomic mass is 9.91. The number of rotatable bonds is 9. The average molecular weight is 528 g/mol. The van der Waals surface area contributed by atoms with Crippen LogP contribution in [0.5, 0.6) is 0 Å². The molecule has 2 fully saturated rings. The van der Waals surface area contributed by atoms with Crippen LogP contribution in [0.1, 0.15) is 49.0 Å². The SMILES string of the molecule is N[C@@H](CO)C(=O)N[C@H]1CC[C@H](Nc2cc(NC3CC3)c3ncc(C(=O)Nc4ccnc(Cl)c4)n3n2)CC1. The summed E-state index contributed by atoms with van der Waals surface area (Å²) in [7, 11) is 0. The zero-order chi connectivity index (χ0) is 25.9. The van der Waals surface area contributed by atoms with Crippen molar-refractivity contribution in [1.29, 1.82) is 0 Å². The molecular formula is C24H30ClN9O3. The molecule has 7 N–H and O–H groups in total. The molecule has 13 heteroatoms. The minimum atomic E-state index is -0.902. The summed E-state index contributed by atoms with van der Waals surface area (Å²) in [5.74, 6) is -0.0691.